The maximum Gasteiger partial charge on any atom is 0.229 e. The average molecular weight is 391 g/mol. The third kappa shape index (κ3) is 4.29. The van der Waals surface area contributed by atoms with Crippen LogP contribution in [0.4, 0.5) is 11.6 Å². The number of carbonyl (C=O) groups excluding carboxylic acids is 1. The van der Waals surface area contributed by atoms with Gasteiger partial charge in [0.25, 0.3) is 0 Å². The molecule has 0 saturated carbocycles. The van der Waals surface area contributed by atoms with Crippen molar-refractivity contribution in [3.63, 3.8) is 0 Å². The molecule has 5 heteroatoms. The number of fused-ring (bicyclic) bond motifs is 1. The van der Waals surface area contributed by atoms with E-state index in [1.165, 1.54) is 11.1 Å². The van der Waals surface area contributed by atoms with Crippen LogP contribution in [-0.2, 0) is 11.3 Å². The highest BCUT2D eigenvalue weighted by Gasteiger charge is 2.28. The largest absolute Gasteiger partial charge is 0.341 e. The van der Waals surface area contributed by atoms with E-state index in [-0.39, 0.29) is 11.8 Å². The van der Waals surface area contributed by atoms with Gasteiger partial charge >= 0.3 is 0 Å². The molecule has 1 N–H and O–H groups in total. The van der Waals surface area contributed by atoms with Crippen molar-refractivity contribution in [2.24, 2.45) is 5.92 Å². The van der Waals surface area contributed by atoms with E-state index in [0.717, 1.165) is 55.9 Å². The topological polar surface area (TPSA) is 50.2 Å². The number of anilines is 2. The first-order chi connectivity index (χ1) is 14.2. The quantitative estimate of drug-likeness (QED) is 0.644. The van der Waals surface area contributed by atoms with Crippen LogP contribution in [0.3, 0.4) is 0 Å². The molecule has 1 atom stereocenters. The molecule has 2 aromatic carbocycles. The van der Waals surface area contributed by atoms with Crippen LogP contribution in [0.15, 0.2) is 48.5 Å². The van der Waals surface area contributed by atoms with Gasteiger partial charge in [-0.25, -0.2) is 4.98 Å². The number of aryl methyl sites for hydroxylation is 2. The highest BCUT2D eigenvalue weighted by molar-refractivity contribution is 5.93. The molecule has 0 radical (unpaired) electrons. The molecule has 0 bridgehead atoms. The fraction of sp³-hybridized carbons (Fsp3) is 0.417. The third-order valence-corrected chi connectivity index (χ3v) is 5.76. The summed E-state index contributed by atoms with van der Waals surface area (Å²) in [4.78, 5) is 20.1. The van der Waals surface area contributed by atoms with Crippen molar-refractivity contribution in [2.75, 3.05) is 23.3 Å². The Kier molecular flexibility index (Phi) is 5.84. The summed E-state index contributed by atoms with van der Waals surface area (Å²) in [6, 6.07) is 16.3. The zero-order valence-corrected chi connectivity index (χ0v) is 17.4. The van der Waals surface area contributed by atoms with Crippen LogP contribution in [0.1, 0.15) is 38.2 Å². The van der Waals surface area contributed by atoms with Crippen LogP contribution in [-0.4, -0.2) is 28.5 Å². The van der Waals surface area contributed by atoms with Gasteiger partial charge in [0.15, 0.2) is 0 Å². The van der Waals surface area contributed by atoms with Crippen molar-refractivity contribution in [1.29, 1.82) is 0 Å². The van der Waals surface area contributed by atoms with Crippen molar-refractivity contribution in [1.82, 2.24) is 9.55 Å². The first-order valence-electron chi connectivity index (χ1n) is 10.7. The van der Waals surface area contributed by atoms with Crippen molar-refractivity contribution < 1.29 is 4.79 Å². The molecule has 1 aliphatic heterocycles. The number of nitrogens with zero attached hydrogens (tertiary/aromatic N) is 3. The summed E-state index contributed by atoms with van der Waals surface area (Å²) in [6.07, 6.45) is 4.19. The van der Waals surface area contributed by atoms with Crippen LogP contribution in [0, 0.1) is 12.8 Å². The minimum absolute atomic E-state index is 0.0236. The normalized spacial score (nSPS) is 16.9. The number of benzene rings is 2. The van der Waals surface area contributed by atoms with Crippen molar-refractivity contribution >= 4 is 28.6 Å². The van der Waals surface area contributed by atoms with E-state index in [1.54, 1.807) is 0 Å². The van der Waals surface area contributed by atoms with E-state index in [0.29, 0.717) is 6.54 Å². The van der Waals surface area contributed by atoms with E-state index < -0.39 is 0 Å². The van der Waals surface area contributed by atoms with Crippen LogP contribution in [0.5, 0.6) is 0 Å². The van der Waals surface area contributed by atoms with Gasteiger partial charge in [-0.3, -0.25) is 4.79 Å². The number of nitrogens with one attached hydrogen (secondary N) is 1. The van der Waals surface area contributed by atoms with Gasteiger partial charge in [0.2, 0.25) is 11.9 Å². The number of imidazole rings is 1. The standard InChI is InChI=1S/C24H30N4O/c1-3-4-16-28-22-10-6-5-9-21(22)26-24(28)27-15-7-8-19(17-27)23(29)25-20-13-11-18(2)12-14-20/h5-6,9-14,19H,3-4,7-8,15-17H2,1-2H3,(H,25,29). The average Bonchev–Trinajstić information content (AvgIpc) is 3.12. The highest BCUT2D eigenvalue weighted by Crippen LogP contribution is 2.28. The zero-order chi connectivity index (χ0) is 20.2. The van der Waals surface area contributed by atoms with Crippen molar-refractivity contribution in [3.05, 3.63) is 54.1 Å². The number of unbranched alkanes of at least 4 members (excludes halogenated alkanes) is 1. The Morgan fingerprint density at radius 2 is 1.97 bits per heavy atom. The fourth-order valence-corrected chi connectivity index (χ4v) is 4.09. The number of carbonyl (C=O) groups is 1. The number of rotatable bonds is 6. The first kappa shape index (κ1) is 19.5. The first-order valence-corrected chi connectivity index (χ1v) is 10.7. The minimum atomic E-state index is -0.0236. The Morgan fingerprint density at radius 3 is 2.76 bits per heavy atom. The maximum absolute atomic E-state index is 12.9. The van der Waals surface area contributed by atoms with Crippen molar-refractivity contribution in [3.8, 4) is 0 Å². The number of piperidine rings is 1. The summed E-state index contributed by atoms with van der Waals surface area (Å²) in [5, 5.41) is 3.09. The summed E-state index contributed by atoms with van der Waals surface area (Å²) >= 11 is 0. The fourth-order valence-electron chi connectivity index (χ4n) is 4.09. The molecule has 1 aliphatic rings. The van der Waals surface area contributed by atoms with Crippen molar-refractivity contribution in [2.45, 2.75) is 46.1 Å². The second-order valence-corrected chi connectivity index (χ2v) is 8.05. The summed E-state index contributed by atoms with van der Waals surface area (Å²) in [7, 11) is 0. The Labute approximate surface area is 172 Å². The molecule has 3 aromatic rings. The number of hydrogen-bond donors (Lipinski definition) is 1. The Balaban J connectivity index is 1.53. The molecule has 1 amide bonds. The zero-order valence-electron chi connectivity index (χ0n) is 17.4. The molecule has 2 heterocycles. The molecular weight excluding hydrogens is 360 g/mol. The highest BCUT2D eigenvalue weighted by atomic mass is 16.1. The molecule has 0 spiro atoms. The summed E-state index contributed by atoms with van der Waals surface area (Å²) < 4.78 is 2.33. The maximum atomic E-state index is 12.9. The summed E-state index contributed by atoms with van der Waals surface area (Å²) in [5.41, 5.74) is 4.28. The number of para-hydroxylation sites is 2. The minimum Gasteiger partial charge on any atom is -0.341 e. The predicted octanol–water partition coefficient (Wildman–Crippen LogP) is 5.00. The monoisotopic (exact) mass is 390 g/mol. The van der Waals surface area contributed by atoms with E-state index >= 15 is 0 Å². The molecule has 1 unspecified atom stereocenters. The molecule has 1 fully saturated rings. The molecule has 152 valence electrons. The van der Waals surface area contributed by atoms with E-state index in [2.05, 4.69) is 46.8 Å². The van der Waals surface area contributed by atoms with Gasteiger partial charge in [-0.2, -0.15) is 0 Å². The Bertz CT molecular complexity index is 976. The van der Waals surface area contributed by atoms with Gasteiger partial charge in [-0.05, 0) is 50.5 Å². The second kappa shape index (κ2) is 8.68. The van der Waals surface area contributed by atoms with Crippen LogP contribution < -0.4 is 10.2 Å². The lowest BCUT2D eigenvalue weighted by Crippen LogP contribution is -2.42. The number of hydrogen-bond acceptors (Lipinski definition) is 3. The molecule has 1 aromatic heterocycles. The molecular formula is C24H30N4O. The lowest BCUT2D eigenvalue weighted by Gasteiger charge is -2.33. The lowest BCUT2D eigenvalue weighted by atomic mass is 9.97. The van der Waals surface area contributed by atoms with E-state index in [4.69, 9.17) is 4.98 Å². The molecule has 29 heavy (non-hydrogen) atoms. The second-order valence-electron chi connectivity index (χ2n) is 8.05. The number of aromatic nitrogens is 2. The lowest BCUT2D eigenvalue weighted by molar-refractivity contribution is -0.120. The molecule has 1 saturated heterocycles. The molecule has 0 aliphatic carbocycles. The summed E-state index contributed by atoms with van der Waals surface area (Å²) in [6.45, 7) is 6.89. The van der Waals surface area contributed by atoms with Gasteiger partial charge in [0, 0.05) is 25.3 Å². The van der Waals surface area contributed by atoms with Gasteiger partial charge < -0.3 is 14.8 Å². The molecule has 5 nitrogen and oxygen atoms in total. The van der Waals surface area contributed by atoms with E-state index in [1.807, 2.05) is 30.3 Å². The van der Waals surface area contributed by atoms with Crippen LogP contribution >= 0.6 is 0 Å². The SMILES string of the molecule is CCCCn1c(N2CCCC(C(=O)Nc3ccc(C)cc3)C2)nc2ccccc21. The summed E-state index contributed by atoms with van der Waals surface area (Å²) in [5.74, 6) is 1.09. The Hall–Kier alpha value is -2.82. The Morgan fingerprint density at radius 1 is 1.17 bits per heavy atom. The van der Waals surface area contributed by atoms with Gasteiger partial charge in [-0.15, -0.1) is 0 Å². The van der Waals surface area contributed by atoms with Crippen LogP contribution in [0.25, 0.3) is 11.0 Å². The van der Waals surface area contributed by atoms with Gasteiger partial charge in [-0.1, -0.05) is 43.2 Å². The molecule has 4 rings (SSSR count). The third-order valence-electron chi connectivity index (χ3n) is 5.76. The predicted molar refractivity (Wildman–Crippen MR) is 119 cm³/mol. The van der Waals surface area contributed by atoms with Gasteiger partial charge in [0.05, 0.1) is 17.0 Å². The smallest absolute Gasteiger partial charge is 0.229 e. The number of amides is 1. The van der Waals surface area contributed by atoms with Crippen LogP contribution in [0.2, 0.25) is 0 Å². The van der Waals surface area contributed by atoms with Gasteiger partial charge in [0.1, 0.15) is 0 Å². The van der Waals surface area contributed by atoms with E-state index in [9.17, 15) is 4.79 Å².